The zero-order chi connectivity index (χ0) is 19.1. The normalized spacial score (nSPS) is 24.1. The Kier molecular flexibility index (Phi) is 4.62. The standard InChI is InChI=1S/C21H29N5O2/c27-19-17-15-4-5-16(14-15)18(17)20(28)26(19)9-2-1-8-24-10-12-25(13-11-24)21-22-6-3-7-23-21/h3,6-7,15-16,27-28H,1-2,4-5,8-14H2. The van der Waals surface area contributed by atoms with Crippen LogP contribution < -0.4 is 4.90 Å². The van der Waals surface area contributed by atoms with E-state index in [1.165, 1.54) is 0 Å². The third-order valence-electron chi connectivity index (χ3n) is 6.85. The van der Waals surface area contributed by atoms with Crippen LogP contribution >= 0.6 is 0 Å². The van der Waals surface area contributed by atoms with Gasteiger partial charge in [-0.3, -0.25) is 9.47 Å². The maximum Gasteiger partial charge on any atom is 0.225 e. The predicted molar refractivity (Wildman–Crippen MR) is 107 cm³/mol. The molecule has 2 unspecified atom stereocenters. The average Bonchev–Trinajstić information content (AvgIpc) is 3.41. The van der Waals surface area contributed by atoms with Crippen molar-refractivity contribution >= 4 is 5.95 Å². The van der Waals surface area contributed by atoms with Crippen molar-refractivity contribution in [2.45, 2.75) is 50.5 Å². The predicted octanol–water partition coefficient (Wildman–Crippen LogP) is 2.66. The molecule has 0 aromatic carbocycles. The highest BCUT2D eigenvalue weighted by molar-refractivity contribution is 5.54. The van der Waals surface area contributed by atoms with E-state index >= 15 is 0 Å². The summed E-state index contributed by atoms with van der Waals surface area (Å²) in [5.74, 6) is 2.42. The van der Waals surface area contributed by atoms with Gasteiger partial charge in [-0.05, 0) is 56.6 Å². The number of hydrogen-bond donors (Lipinski definition) is 2. The first kappa shape index (κ1) is 17.8. The van der Waals surface area contributed by atoms with Crippen LogP contribution in [-0.2, 0) is 6.54 Å². The van der Waals surface area contributed by atoms with Crippen LogP contribution in [0.25, 0.3) is 0 Å². The smallest absolute Gasteiger partial charge is 0.225 e. The van der Waals surface area contributed by atoms with Crippen molar-refractivity contribution in [3.8, 4) is 11.8 Å². The molecule has 2 aliphatic carbocycles. The molecule has 0 amide bonds. The number of hydrogen-bond acceptors (Lipinski definition) is 6. The SMILES string of the molecule is Oc1c2c(c(O)n1CCCCN1CCN(c3ncccn3)CC1)C1CCC2C1. The Bertz CT molecular complexity index is 796. The Morgan fingerprint density at radius 2 is 1.46 bits per heavy atom. The highest BCUT2D eigenvalue weighted by atomic mass is 16.3. The fraction of sp³-hybridized carbons (Fsp3) is 0.619. The number of nitrogens with zero attached hydrogens (tertiary/aromatic N) is 5. The van der Waals surface area contributed by atoms with E-state index in [4.69, 9.17) is 0 Å². The lowest BCUT2D eigenvalue weighted by atomic mass is 9.95. The van der Waals surface area contributed by atoms with Gasteiger partial charge in [0.2, 0.25) is 5.95 Å². The van der Waals surface area contributed by atoms with Crippen molar-refractivity contribution in [1.82, 2.24) is 19.4 Å². The van der Waals surface area contributed by atoms with E-state index in [1.54, 1.807) is 17.0 Å². The number of fused-ring (bicyclic) bond motifs is 5. The molecular formula is C21H29N5O2. The van der Waals surface area contributed by atoms with Gasteiger partial charge in [-0.2, -0.15) is 0 Å². The fourth-order valence-electron chi connectivity index (χ4n) is 5.39. The monoisotopic (exact) mass is 383 g/mol. The summed E-state index contributed by atoms with van der Waals surface area (Å²) < 4.78 is 1.75. The van der Waals surface area contributed by atoms with Gasteiger partial charge in [0.15, 0.2) is 11.8 Å². The van der Waals surface area contributed by atoms with E-state index in [0.717, 1.165) is 81.9 Å². The zero-order valence-electron chi connectivity index (χ0n) is 16.3. The molecule has 2 N–H and O–H groups in total. The minimum absolute atomic E-state index is 0.330. The summed E-state index contributed by atoms with van der Waals surface area (Å²) in [4.78, 5) is 13.4. The third-order valence-corrected chi connectivity index (χ3v) is 6.85. The van der Waals surface area contributed by atoms with Crippen molar-refractivity contribution in [2.75, 3.05) is 37.6 Å². The third kappa shape index (κ3) is 3.02. The summed E-state index contributed by atoms with van der Waals surface area (Å²) in [6.07, 6.45) is 9.06. The number of rotatable bonds is 6. The number of anilines is 1. The second kappa shape index (κ2) is 7.28. The molecule has 28 heavy (non-hydrogen) atoms. The maximum atomic E-state index is 10.6. The van der Waals surface area contributed by atoms with Crippen LogP contribution in [0.3, 0.4) is 0 Å². The van der Waals surface area contributed by atoms with Crippen LogP contribution in [0.1, 0.15) is 55.1 Å². The zero-order valence-corrected chi connectivity index (χ0v) is 16.3. The number of piperazine rings is 1. The first-order valence-corrected chi connectivity index (χ1v) is 10.6. The van der Waals surface area contributed by atoms with Gasteiger partial charge in [0.1, 0.15) is 0 Å². The molecule has 3 aliphatic rings. The van der Waals surface area contributed by atoms with Crippen molar-refractivity contribution in [3.05, 3.63) is 29.6 Å². The van der Waals surface area contributed by atoms with Crippen molar-refractivity contribution < 1.29 is 10.2 Å². The summed E-state index contributed by atoms with van der Waals surface area (Å²) in [6, 6.07) is 1.85. The Labute approximate surface area is 165 Å². The van der Waals surface area contributed by atoms with E-state index in [1.807, 2.05) is 6.07 Å². The van der Waals surface area contributed by atoms with Gasteiger partial charge in [-0.1, -0.05) is 0 Å². The van der Waals surface area contributed by atoms with Crippen molar-refractivity contribution in [3.63, 3.8) is 0 Å². The molecule has 2 aromatic rings. The molecular weight excluding hydrogens is 354 g/mol. The van der Waals surface area contributed by atoms with Gasteiger partial charge >= 0.3 is 0 Å². The topological polar surface area (TPSA) is 77.7 Å². The molecule has 2 bridgehead atoms. The Hall–Kier alpha value is -2.28. The molecule has 7 heteroatoms. The molecule has 0 radical (unpaired) electrons. The van der Waals surface area contributed by atoms with Gasteiger partial charge in [0.25, 0.3) is 0 Å². The highest BCUT2D eigenvalue weighted by Crippen LogP contribution is 2.59. The maximum absolute atomic E-state index is 10.6. The Balaban J connectivity index is 1.10. The first-order valence-electron chi connectivity index (χ1n) is 10.6. The molecule has 5 rings (SSSR count). The molecule has 2 aromatic heterocycles. The lowest BCUT2D eigenvalue weighted by Gasteiger charge is -2.34. The molecule has 1 saturated carbocycles. The second-order valence-corrected chi connectivity index (χ2v) is 8.42. The molecule has 7 nitrogen and oxygen atoms in total. The summed E-state index contributed by atoms with van der Waals surface area (Å²) in [7, 11) is 0. The molecule has 3 heterocycles. The quantitative estimate of drug-likeness (QED) is 0.747. The van der Waals surface area contributed by atoms with Crippen molar-refractivity contribution in [2.24, 2.45) is 0 Å². The average molecular weight is 383 g/mol. The number of unbranched alkanes of at least 4 members (excludes halogenated alkanes) is 1. The van der Waals surface area contributed by atoms with E-state index < -0.39 is 0 Å². The molecule has 2 atom stereocenters. The first-order chi connectivity index (χ1) is 13.7. The van der Waals surface area contributed by atoms with Gasteiger partial charge in [0, 0.05) is 56.2 Å². The van der Waals surface area contributed by atoms with Gasteiger partial charge in [-0.15, -0.1) is 0 Å². The molecule has 150 valence electrons. The number of aromatic hydroxyl groups is 2. The summed E-state index contributed by atoms with van der Waals surface area (Å²) in [6.45, 7) is 5.71. The molecule has 1 aliphatic heterocycles. The Morgan fingerprint density at radius 1 is 0.857 bits per heavy atom. The van der Waals surface area contributed by atoms with E-state index in [-0.39, 0.29) is 0 Å². The van der Waals surface area contributed by atoms with E-state index in [9.17, 15) is 10.2 Å². The lowest BCUT2D eigenvalue weighted by molar-refractivity contribution is 0.248. The van der Waals surface area contributed by atoms with E-state index in [0.29, 0.717) is 30.1 Å². The van der Waals surface area contributed by atoms with E-state index in [2.05, 4.69) is 19.8 Å². The van der Waals surface area contributed by atoms with Crippen LogP contribution in [0.2, 0.25) is 0 Å². The molecule has 2 fully saturated rings. The molecule has 1 saturated heterocycles. The minimum atomic E-state index is 0.330. The van der Waals surface area contributed by atoms with Crippen LogP contribution in [0.4, 0.5) is 5.95 Å². The van der Waals surface area contributed by atoms with Crippen LogP contribution in [0.15, 0.2) is 18.5 Å². The Morgan fingerprint density at radius 3 is 2.11 bits per heavy atom. The van der Waals surface area contributed by atoms with Gasteiger partial charge in [0.05, 0.1) is 0 Å². The minimum Gasteiger partial charge on any atom is -0.494 e. The largest absolute Gasteiger partial charge is 0.494 e. The van der Waals surface area contributed by atoms with Crippen molar-refractivity contribution in [1.29, 1.82) is 0 Å². The summed E-state index contributed by atoms with van der Waals surface area (Å²) >= 11 is 0. The fourth-order valence-corrected chi connectivity index (χ4v) is 5.39. The van der Waals surface area contributed by atoms with Crippen LogP contribution in [0.5, 0.6) is 11.8 Å². The molecule has 0 spiro atoms. The number of aromatic nitrogens is 3. The highest BCUT2D eigenvalue weighted by Gasteiger charge is 2.43. The van der Waals surface area contributed by atoms with Crippen LogP contribution in [-0.4, -0.2) is 62.4 Å². The second-order valence-electron chi connectivity index (χ2n) is 8.42. The van der Waals surface area contributed by atoms with Gasteiger partial charge in [-0.25, -0.2) is 9.97 Å². The summed E-state index contributed by atoms with van der Waals surface area (Å²) in [5, 5.41) is 21.2. The summed E-state index contributed by atoms with van der Waals surface area (Å²) in [5.41, 5.74) is 2.10. The van der Waals surface area contributed by atoms with Crippen LogP contribution in [0, 0.1) is 0 Å². The lowest BCUT2D eigenvalue weighted by Crippen LogP contribution is -2.47. The van der Waals surface area contributed by atoms with Gasteiger partial charge < -0.3 is 15.1 Å².